The van der Waals surface area contributed by atoms with Gasteiger partial charge in [-0.25, -0.2) is 9.97 Å². The third-order valence-electron chi connectivity index (χ3n) is 1.85. The van der Waals surface area contributed by atoms with Gasteiger partial charge >= 0.3 is 0 Å². The highest BCUT2D eigenvalue weighted by molar-refractivity contribution is 9.13. The summed E-state index contributed by atoms with van der Waals surface area (Å²) >= 11 is 9.96. The van der Waals surface area contributed by atoms with Crippen molar-refractivity contribution in [3.8, 4) is 11.6 Å². The Hall–Kier alpha value is -0.400. The van der Waals surface area contributed by atoms with Crippen LogP contribution in [0.15, 0.2) is 30.3 Å². The van der Waals surface area contributed by atoms with Gasteiger partial charge in [-0.2, -0.15) is 0 Å². The molecule has 0 bridgehead atoms. The van der Waals surface area contributed by atoms with Crippen LogP contribution >= 0.6 is 47.8 Å². The van der Waals surface area contributed by atoms with Gasteiger partial charge in [-0.15, -0.1) is 0 Å². The van der Waals surface area contributed by atoms with Gasteiger partial charge in [0.2, 0.25) is 0 Å². The van der Waals surface area contributed by atoms with Crippen molar-refractivity contribution in [1.29, 1.82) is 0 Å². The molecule has 0 aliphatic carbocycles. The van der Waals surface area contributed by atoms with Gasteiger partial charge in [-0.05, 0) is 47.8 Å². The van der Waals surface area contributed by atoms with E-state index in [2.05, 4.69) is 63.1 Å². The molecule has 4 nitrogen and oxygen atoms in total. The Morgan fingerprint density at radius 3 is 2.56 bits per heavy atom. The number of rotatable bonds is 2. The Kier molecular flexibility index (Phi) is 3.66. The third-order valence-corrected chi connectivity index (χ3v) is 4.14. The van der Waals surface area contributed by atoms with Gasteiger partial charge in [0.15, 0.2) is 16.3 Å². The maximum Gasteiger partial charge on any atom is 0.197 e. The molecule has 0 atom stereocenters. The quantitative estimate of drug-likeness (QED) is 0.809. The van der Waals surface area contributed by atoms with E-state index in [0.29, 0.717) is 22.1 Å². The lowest BCUT2D eigenvalue weighted by molar-refractivity contribution is 0.549. The number of nitrogens with one attached hydrogen (secondary N) is 1. The Bertz CT molecular complexity index is 507. The number of furan rings is 1. The zero-order valence-electron chi connectivity index (χ0n) is 8.09. The summed E-state index contributed by atoms with van der Waals surface area (Å²) in [5.74, 6) is 1.84. The first-order valence-corrected chi connectivity index (χ1v) is 6.65. The van der Waals surface area contributed by atoms with Crippen LogP contribution in [0.2, 0.25) is 0 Å². The minimum atomic E-state index is 0.527. The fraction of sp³-hybridized carbons (Fsp3) is 0.111. The van der Waals surface area contributed by atoms with Gasteiger partial charge in [-0.3, -0.25) is 0 Å². The molecule has 7 heteroatoms. The van der Waals surface area contributed by atoms with Crippen molar-refractivity contribution < 1.29 is 4.42 Å². The molecule has 0 aliphatic heterocycles. The summed E-state index contributed by atoms with van der Waals surface area (Å²) in [4.78, 5) is 8.49. The van der Waals surface area contributed by atoms with Crippen LogP contribution in [0.4, 0.5) is 5.82 Å². The molecule has 2 aromatic heterocycles. The number of hydrogen-bond donors (Lipinski definition) is 1. The van der Waals surface area contributed by atoms with Crippen LogP contribution in [-0.4, -0.2) is 17.0 Å². The Labute approximate surface area is 117 Å². The smallest absolute Gasteiger partial charge is 0.197 e. The summed E-state index contributed by atoms with van der Waals surface area (Å²) in [5.41, 5.74) is 0. The molecule has 84 valence electrons. The average molecular weight is 412 g/mol. The van der Waals surface area contributed by atoms with E-state index in [4.69, 9.17) is 4.42 Å². The van der Waals surface area contributed by atoms with E-state index >= 15 is 0 Å². The van der Waals surface area contributed by atoms with Crippen LogP contribution in [0, 0.1) is 0 Å². The third kappa shape index (κ3) is 2.31. The predicted molar refractivity (Wildman–Crippen MR) is 72.4 cm³/mol. The average Bonchev–Trinajstić information content (AvgIpc) is 2.60. The molecule has 0 saturated carbocycles. The lowest BCUT2D eigenvalue weighted by atomic mass is 10.4. The monoisotopic (exact) mass is 409 g/mol. The highest BCUT2D eigenvalue weighted by Crippen LogP contribution is 2.32. The lowest BCUT2D eigenvalue weighted by Crippen LogP contribution is -1.96. The van der Waals surface area contributed by atoms with Crippen molar-refractivity contribution in [3.63, 3.8) is 0 Å². The van der Waals surface area contributed by atoms with E-state index in [0.717, 1.165) is 8.95 Å². The van der Waals surface area contributed by atoms with Crippen molar-refractivity contribution in [2.75, 3.05) is 12.4 Å². The Morgan fingerprint density at radius 2 is 2.00 bits per heavy atom. The molecule has 2 heterocycles. The summed E-state index contributed by atoms with van der Waals surface area (Å²) < 4.78 is 7.71. The molecular weight excluding hydrogens is 406 g/mol. The highest BCUT2D eigenvalue weighted by atomic mass is 79.9. The first-order valence-electron chi connectivity index (χ1n) is 4.27. The molecule has 0 aromatic carbocycles. The second kappa shape index (κ2) is 4.85. The zero-order valence-corrected chi connectivity index (χ0v) is 12.8. The largest absolute Gasteiger partial charge is 0.445 e. The molecule has 0 fully saturated rings. The normalized spacial score (nSPS) is 10.5. The molecule has 16 heavy (non-hydrogen) atoms. The number of halogens is 3. The first-order chi connectivity index (χ1) is 7.61. The number of hydrogen-bond acceptors (Lipinski definition) is 4. The molecule has 0 aliphatic rings. The van der Waals surface area contributed by atoms with Gasteiger partial charge in [0.1, 0.15) is 5.82 Å². The zero-order chi connectivity index (χ0) is 11.7. The van der Waals surface area contributed by atoms with Crippen LogP contribution in [0.3, 0.4) is 0 Å². The van der Waals surface area contributed by atoms with Crippen molar-refractivity contribution >= 4 is 53.6 Å². The SMILES string of the molecule is CNc1nc(-c2cc(Br)c(Br)o2)ncc1Br. The van der Waals surface area contributed by atoms with Gasteiger partial charge in [-0.1, -0.05) is 0 Å². The summed E-state index contributed by atoms with van der Waals surface area (Å²) in [6, 6.07) is 1.81. The lowest BCUT2D eigenvalue weighted by Gasteiger charge is -2.02. The Balaban J connectivity index is 2.48. The summed E-state index contributed by atoms with van der Waals surface area (Å²) in [5, 5.41) is 2.96. The molecule has 2 aromatic rings. The minimum absolute atomic E-state index is 0.527. The maximum atomic E-state index is 5.44. The number of anilines is 1. The van der Waals surface area contributed by atoms with Crippen molar-refractivity contribution in [2.45, 2.75) is 0 Å². The van der Waals surface area contributed by atoms with Crippen LogP contribution in [0.25, 0.3) is 11.6 Å². The van der Waals surface area contributed by atoms with Gasteiger partial charge in [0, 0.05) is 19.3 Å². The van der Waals surface area contributed by atoms with Crippen molar-refractivity contribution in [1.82, 2.24) is 9.97 Å². The summed E-state index contributed by atoms with van der Waals surface area (Å²) in [7, 11) is 1.80. The number of aromatic nitrogens is 2. The maximum absolute atomic E-state index is 5.44. The van der Waals surface area contributed by atoms with E-state index in [1.54, 1.807) is 13.2 Å². The summed E-state index contributed by atoms with van der Waals surface area (Å²) in [6.07, 6.45) is 1.68. The molecule has 0 radical (unpaired) electrons. The van der Waals surface area contributed by atoms with E-state index in [1.807, 2.05) is 6.07 Å². The molecule has 1 N–H and O–H groups in total. The summed E-state index contributed by atoms with van der Waals surface area (Å²) in [6.45, 7) is 0. The van der Waals surface area contributed by atoms with Crippen LogP contribution in [0.5, 0.6) is 0 Å². The van der Waals surface area contributed by atoms with E-state index in [-0.39, 0.29) is 0 Å². The standard InChI is InChI=1S/C9H6Br3N3O/c1-13-8-5(11)3-14-9(15-8)6-2-4(10)7(12)16-6/h2-3H,1H3,(H,13,14,15). The molecule has 0 saturated heterocycles. The van der Waals surface area contributed by atoms with E-state index in [1.165, 1.54) is 0 Å². The second-order valence-corrected chi connectivity index (χ2v) is 5.30. The van der Waals surface area contributed by atoms with Gasteiger partial charge in [0.05, 0.1) is 8.95 Å². The van der Waals surface area contributed by atoms with Crippen molar-refractivity contribution in [2.24, 2.45) is 0 Å². The number of nitrogens with zero attached hydrogens (tertiary/aromatic N) is 2. The second-order valence-electron chi connectivity index (χ2n) is 2.87. The van der Waals surface area contributed by atoms with Gasteiger partial charge < -0.3 is 9.73 Å². The molecule has 0 amide bonds. The van der Waals surface area contributed by atoms with Crippen molar-refractivity contribution in [3.05, 3.63) is 25.9 Å². The minimum Gasteiger partial charge on any atom is -0.445 e. The molecule has 2 rings (SSSR count). The van der Waals surface area contributed by atoms with E-state index in [9.17, 15) is 0 Å². The topological polar surface area (TPSA) is 51.0 Å². The first kappa shape index (κ1) is 12.1. The molecular formula is C9H6Br3N3O. The predicted octanol–water partition coefficient (Wildman–Crippen LogP) is 4.07. The van der Waals surface area contributed by atoms with E-state index < -0.39 is 0 Å². The molecule has 0 spiro atoms. The highest BCUT2D eigenvalue weighted by Gasteiger charge is 2.12. The van der Waals surface area contributed by atoms with Crippen LogP contribution in [0.1, 0.15) is 0 Å². The fourth-order valence-electron chi connectivity index (χ4n) is 1.12. The Morgan fingerprint density at radius 1 is 1.25 bits per heavy atom. The fourth-order valence-corrected chi connectivity index (χ4v) is 2.08. The van der Waals surface area contributed by atoms with Crippen LogP contribution in [-0.2, 0) is 0 Å². The molecule has 0 unspecified atom stereocenters. The van der Waals surface area contributed by atoms with Crippen LogP contribution < -0.4 is 5.32 Å². The van der Waals surface area contributed by atoms with Gasteiger partial charge in [0.25, 0.3) is 0 Å².